The number of aromatic nitrogens is 2. The maximum absolute atomic E-state index is 13.1. The van der Waals surface area contributed by atoms with E-state index in [-0.39, 0.29) is 18.0 Å². The molecule has 2 aliphatic heterocycles. The number of urea groups is 1. The molecule has 2 aliphatic rings. The number of piperidine rings is 1. The maximum atomic E-state index is 13.1. The Hall–Kier alpha value is -3.94. The lowest BCUT2D eigenvalue weighted by Gasteiger charge is -2.32. The molecule has 2 aromatic carbocycles. The fraction of sp³-hybridized carbons (Fsp3) is 0.280. The molecule has 1 aromatic heterocycles. The van der Waals surface area contributed by atoms with Gasteiger partial charge in [-0.15, -0.1) is 5.10 Å². The van der Waals surface area contributed by atoms with Crippen LogP contribution in [0.5, 0.6) is 0 Å². The van der Waals surface area contributed by atoms with Crippen molar-refractivity contribution < 1.29 is 9.59 Å². The van der Waals surface area contributed by atoms with E-state index in [2.05, 4.69) is 31.8 Å². The van der Waals surface area contributed by atoms with Gasteiger partial charge in [-0.2, -0.15) is 5.10 Å². The van der Waals surface area contributed by atoms with Crippen LogP contribution in [0.4, 0.5) is 22.0 Å². The molecule has 168 valence electrons. The molecule has 2 N–H and O–H groups in total. The van der Waals surface area contributed by atoms with Crippen LogP contribution < -0.4 is 20.4 Å². The van der Waals surface area contributed by atoms with Gasteiger partial charge in [0.05, 0.1) is 0 Å². The summed E-state index contributed by atoms with van der Waals surface area (Å²) in [7, 11) is 0. The Morgan fingerprint density at radius 2 is 1.79 bits per heavy atom. The molecule has 0 aliphatic carbocycles. The van der Waals surface area contributed by atoms with Crippen molar-refractivity contribution in [1.82, 2.24) is 15.5 Å². The third-order valence-corrected chi connectivity index (χ3v) is 6.21. The van der Waals surface area contributed by atoms with Gasteiger partial charge in [0.15, 0.2) is 5.82 Å². The van der Waals surface area contributed by atoms with E-state index in [4.69, 9.17) is 0 Å². The quantitative estimate of drug-likeness (QED) is 0.646. The largest absolute Gasteiger partial charge is 0.355 e. The van der Waals surface area contributed by atoms with Crippen molar-refractivity contribution in [2.45, 2.75) is 25.3 Å². The summed E-state index contributed by atoms with van der Waals surface area (Å²) in [5.74, 6) is 0.808. The Morgan fingerprint density at radius 3 is 2.61 bits per heavy atom. The number of hydrogen-bond donors (Lipinski definition) is 2. The molecule has 0 atom stereocenters. The summed E-state index contributed by atoms with van der Waals surface area (Å²) in [5.41, 5.74) is 3.31. The molecule has 3 aromatic rings. The Labute approximate surface area is 192 Å². The summed E-state index contributed by atoms with van der Waals surface area (Å²) in [6, 6.07) is 18.7. The summed E-state index contributed by atoms with van der Waals surface area (Å²) in [6.07, 6.45) is 4.18. The van der Waals surface area contributed by atoms with Gasteiger partial charge in [-0.1, -0.05) is 24.3 Å². The number of carbonyl (C=O) groups excluding carboxylic acids is 2. The topological polar surface area (TPSA) is 90.5 Å². The number of fused-ring (bicyclic) bond motifs is 1. The highest BCUT2D eigenvalue weighted by molar-refractivity contribution is 6.08. The Morgan fingerprint density at radius 1 is 0.939 bits per heavy atom. The van der Waals surface area contributed by atoms with Crippen molar-refractivity contribution in [3.63, 3.8) is 0 Å². The van der Waals surface area contributed by atoms with E-state index in [9.17, 15) is 9.59 Å². The first-order chi connectivity index (χ1) is 16.2. The van der Waals surface area contributed by atoms with Gasteiger partial charge in [-0.05, 0) is 61.2 Å². The summed E-state index contributed by atoms with van der Waals surface area (Å²) in [5, 5.41) is 14.0. The Balaban J connectivity index is 1.17. The minimum Gasteiger partial charge on any atom is -0.355 e. The van der Waals surface area contributed by atoms with Crippen LogP contribution in [0.15, 0.2) is 66.9 Å². The van der Waals surface area contributed by atoms with Gasteiger partial charge in [0.25, 0.3) is 5.91 Å². The first kappa shape index (κ1) is 20.9. The van der Waals surface area contributed by atoms with Crippen molar-refractivity contribution in [3.05, 3.63) is 78.0 Å². The lowest BCUT2D eigenvalue weighted by Crippen LogP contribution is -2.46. The van der Waals surface area contributed by atoms with Gasteiger partial charge in [0.1, 0.15) is 0 Å². The van der Waals surface area contributed by atoms with Gasteiger partial charge in [0, 0.05) is 48.8 Å². The molecular weight excluding hydrogens is 416 g/mol. The molecular formula is C25H26N6O2. The summed E-state index contributed by atoms with van der Waals surface area (Å²) in [6.45, 7) is 2.29. The lowest BCUT2D eigenvalue weighted by molar-refractivity contribution is 0.0989. The van der Waals surface area contributed by atoms with Gasteiger partial charge in [0.2, 0.25) is 0 Å². The van der Waals surface area contributed by atoms with Crippen LogP contribution in [-0.2, 0) is 6.42 Å². The first-order valence-electron chi connectivity index (χ1n) is 11.3. The first-order valence-corrected chi connectivity index (χ1v) is 11.3. The number of benzene rings is 2. The van der Waals surface area contributed by atoms with Crippen LogP contribution in [0.2, 0.25) is 0 Å². The summed E-state index contributed by atoms with van der Waals surface area (Å²) in [4.78, 5) is 29.7. The van der Waals surface area contributed by atoms with Crippen LogP contribution >= 0.6 is 0 Å². The number of carbonyl (C=O) groups is 2. The van der Waals surface area contributed by atoms with E-state index in [1.807, 2.05) is 30.3 Å². The highest BCUT2D eigenvalue weighted by Gasteiger charge is 2.25. The van der Waals surface area contributed by atoms with Gasteiger partial charge < -0.3 is 20.4 Å². The normalized spacial score (nSPS) is 15.8. The molecule has 0 bridgehead atoms. The van der Waals surface area contributed by atoms with Gasteiger partial charge in [-0.25, -0.2) is 4.79 Å². The predicted octanol–water partition coefficient (Wildman–Crippen LogP) is 3.47. The molecule has 3 amide bonds. The second kappa shape index (κ2) is 9.28. The number of para-hydroxylation sites is 1. The minimum absolute atomic E-state index is 0.0552. The van der Waals surface area contributed by atoms with E-state index >= 15 is 0 Å². The Bertz CT molecular complexity index is 1140. The fourth-order valence-corrected chi connectivity index (χ4v) is 4.50. The number of hydrogen-bond acceptors (Lipinski definition) is 5. The monoisotopic (exact) mass is 442 g/mol. The lowest BCUT2D eigenvalue weighted by atomic mass is 10.1. The van der Waals surface area contributed by atoms with Gasteiger partial charge in [-0.3, -0.25) is 4.79 Å². The van der Waals surface area contributed by atoms with E-state index in [0.29, 0.717) is 17.8 Å². The summed E-state index contributed by atoms with van der Waals surface area (Å²) >= 11 is 0. The molecule has 3 heterocycles. The standard InChI is InChI=1S/C25H26N6O2/c32-24(31-16-10-18-5-1-2-8-22(18)31)19-6-3-7-21(17-19)28-25(33)27-20-11-14-30(15-12-20)23-9-4-13-26-29-23/h1-9,13,17,20H,10-12,14-16H2,(H2,27,28,33). The molecule has 1 saturated heterocycles. The summed E-state index contributed by atoms with van der Waals surface area (Å²) < 4.78 is 0. The highest BCUT2D eigenvalue weighted by Crippen LogP contribution is 2.29. The number of anilines is 3. The van der Waals surface area contributed by atoms with Crippen molar-refractivity contribution in [3.8, 4) is 0 Å². The molecule has 0 radical (unpaired) electrons. The number of nitrogens with one attached hydrogen (secondary N) is 2. The van der Waals surface area contributed by atoms with Crippen LogP contribution in [0.3, 0.4) is 0 Å². The smallest absolute Gasteiger partial charge is 0.319 e. The van der Waals surface area contributed by atoms with Crippen LogP contribution in [0, 0.1) is 0 Å². The predicted molar refractivity (Wildman–Crippen MR) is 128 cm³/mol. The molecule has 0 saturated carbocycles. The molecule has 1 fully saturated rings. The number of amides is 3. The van der Waals surface area contributed by atoms with Gasteiger partial charge >= 0.3 is 6.03 Å². The zero-order valence-electron chi connectivity index (χ0n) is 18.3. The van der Waals surface area contributed by atoms with Crippen molar-refractivity contribution in [1.29, 1.82) is 0 Å². The molecule has 0 unspecified atom stereocenters. The van der Waals surface area contributed by atoms with Crippen molar-refractivity contribution >= 4 is 29.1 Å². The van der Waals surface area contributed by atoms with Crippen molar-refractivity contribution in [2.75, 3.05) is 34.8 Å². The molecule has 5 rings (SSSR count). The maximum Gasteiger partial charge on any atom is 0.319 e. The fourth-order valence-electron chi connectivity index (χ4n) is 4.50. The molecule has 8 nitrogen and oxygen atoms in total. The second-order valence-electron chi connectivity index (χ2n) is 8.36. The van der Waals surface area contributed by atoms with E-state index in [0.717, 1.165) is 43.9 Å². The minimum atomic E-state index is -0.260. The average Bonchev–Trinajstić information content (AvgIpc) is 3.29. The SMILES string of the molecule is O=C(Nc1cccc(C(=O)N2CCc3ccccc32)c1)NC1CCN(c2cccnn2)CC1. The van der Waals surface area contributed by atoms with E-state index < -0.39 is 0 Å². The Kier molecular flexibility index (Phi) is 5.89. The third-order valence-electron chi connectivity index (χ3n) is 6.21. The second-order valence-corrected chi connectivity index (χ2v) is 8.36. The number of nitrogens with zero attached hydrogens (tertiary/aromatic N) is 4. The molecule has 0 spiro atoms. The van der Waals surface area contributed by atoms with E-state index in [1.165, 1.54) is 5.56 Å². The highest BCUT2D eigenvalue weighted by atomic mass is 16.2. The molecule has 33 heavy (non-hydrogen) atoms. The van der Waals surface area contributed by atoms with Crippen LogP contribution in [-0.4, -0.2) is 47.8 Å². The van der Waals surface area contributed by atoms with E-state index in [1.54, 1.807) is 35.4 Å². The van der Waals surface area contributed by atoms with Crippen molar-refractivity contribution in [2.24, 2.45) is 0 Å². The third kappa shape index (κ3) is 4.64. The molecule has 8 heteroatoms. The van der Waals surface area contributed by atoms with Crippen LogP contribution in [0.1, 0.15) is 28.8 Å². The van der Waals surface area contributed by atoms with Crippen LogP contribution in [0.25, 0.3) is 0 Å². The zero-order valence-corrected chi connectivity index (χ0v) is 18.3. The average molecular weight is 443 g/mol. The zero-order chi connectivity index (χ0) is 22.6. The number of rotatable bonds is 4.